The Morgan fingerprint density at radius 1 is 0.933 bits per heavy atom. The Labute approximate surface area is 176 Å². The number of hydrogen-bond donors (Lipinski definition) is 1. The summed E-state index contributed by atoms with van der Waals surface area (Å²) in [6.45, 7) is 10.5. The van der Waals surface area contributed by atoms with Crippen molar-refractivity contribution in [1.82, 2.24) is 10.2 Å². The highest BCUT2D eigenvalue weighted by Crippen LogP contribution is 2.26. The van der Waals surface area contributed by atoms with Crippen LogP contribution in [-0.2, 0) is 14.3 Å². The van der Waals surface area contributed by atoms with Gasteiger partial charge in [0.25, 0.3) is 11.8 Å². The molecule has 1 heterocycles. The topological polar surface area (TPSA) is 102 Å². The van der Waals surface area contributed by atoms with E-state index in [1.165, 1.54) is 0 Å². The zero-order chi connectivity index (χ0) is 22.7. The molecule has 8 nitrogen and oxygen atoms in total. The average molecular weight is 418 g/mol. The largest absolute Gasteiger partial charge is 0.460 e. The lowest BCUT2D eigenvalue weighted by Crippen LogP contribution is -2.51. The SMILES string of the molecule is CC(C)(C)OC(=O)CCCC(NC(=O)OC(C)(C)C)N1C(=O)c2ccccc2C1=O. The van der Waals surface area contributed by atoms with E-state index in [2.05, 4.69) is 5.32 Å². The smallest absolute Gasteiger partial charge is 0.409 e. The number of nitrogens with one attached hydrogen (secondary N) is 1. The highest BCUT2D eigenvalue weighted by Gasteiger charge is 2.40. The van der Waals surface area contributed by atoms with Gasteiger partial charge in [0.05, 0.1) is 11.1 Å². The molecule has 0 saturated heterocycles. The van der Waals surface area contributed by atoms with E-state index in [1.54, 1.807) is 65.8 Å². The van der Waals surface area contributed by atoms with E-state index in [1.807, 2.05) is 0 Å². The maximum atomic E-state index is 12.8. The molecule has 1 unspecified atom stereocenters. The second-order valence-corrected chi connectivity index (χ2v) is 9.17. The van der Waals surface area contributed by atoms with Gasteiger partial charge in [-0.3, -0.25) is 19.3 Å². The maximum Gasteiger partial charge on any atom is 0.409 e. The predicted octanol–water partition coefficient (Wildman–Crippen LogP) is 3.65. The van der Waals surface area contributed by atoms with Crippen LogP contribution < -0.4 is 5.32 Å². The lowest BCUT2D eigenvalue weighted by atomic mass is 10.1. The zero-order valence-corrected chi connectivity index (χ0v) is 18.4. The number of carbonyl (C=O) groups is 4. The molecule has 0 aromatic heterocycles. The summed E-state index contributed by atoms with van der Waals surface area (Å²) >= 11 is 0. The van der Waals surface area contributed by atoms with Crippen molar-refractivity contribution in [3.8, 4) is 0 Å². The molecule has 0 bridgehead atoms. The van der Waals surface area contributed by atoms with Gasteiger partial charge in [0.2, 0.25) is 0 Å². The molecule has 30 heavy (non-hydrogen) atoms. The van der Waals surface area contributed by atoms with Gasteiger partial charge in [-0.25, -0.2) is 4.79 Å². The molecule has 1 N–H and O–H groups in total. The number of amides is 3. The number of fused-ring (bicyclic) bond motifs is 1. The summed E-state index contributed by atoms with van der Waals surface area (Å²) < 4.78 is 10.6. The fourth-order valence-corrected chi connectivity index (χ4v) is 3.03. The van der Waals surface area contributed by atoms with Gasteiger partial charge in [-0.05, 0) is 66.5 Å². The molecule has 0 saturated carbocycles. The molecule has 0 aliphatic carbocycles. The minimum atomic E-state index is -0.949. The standard InChI is InChI=1S/C22H30N2O6/c1-21(2,3)29-17(25)13-9-12-16(23-20(28)30-22(4,5)6)24-18(26)14-10-7-8-11-15(14)19(24)27/h7-8,10-11,16H,9,12-13H2,1-6H3,(H,23,28). The first-order chi connectivity index (χ1) is 13.8. The summed E-state index contributed by atoms with van der Waals surface area (Å²) in [6.07, 6.45) is -1.12. The van der Waals surface area contributed by atoms with Crippen molar-refractivity contribution in [3.63, 3.8) is 0 Å². The monoisotopic (exact) mass is 418 g/mol. The highest BCUT2D eigenvalue weighted by atomic mass is 16.6. The van der Waals surface area contributed by atoms with Crippen LogP contribution >= 0.6 is 0 Å². The first-order valence-electron chi connectivity index (χ1n) is 9.97. The minimum Gasteiger partial charge on any atom is -0.460 e. The number of carbonyl (C=O) groups excluding carboxylic acids is 4. The number of rotatable bonds is 6. The number of nitrogens with zero attached hydrogens (tertiary/aromatic N) is 1. The molecule has 3 amide bonds. The first kappa shape index (κ1) is 23.4. The van der Waals surface area contributed by atoms with Crippen molar-refractivity contribution in [2.24, 2.45) is 0 Å². The second kappa shape index (κ2) is 8.85. The Morgan fingerprint density at radius 3 is 1.90 bits per heavy atom. The van der Waals surface area contributed by atoms with Crippen molar-refractivity contribution in [2.75, 3.05) is 0 Å². The third-order valence-corrected chi connectivity index (χ3v) is 4.10. The number of esters is 1. The Bertz CT molecular complexity index is 800. The summed E-state index contributed by atoms with van der Waals surface area (Å²) in [7, 11) is 0. The van der Waals surface area contributed by atoms with Gasteiger partial charge in [0, 0.05) is 6.42 Å². The maximum absolute atomic E-state index is 12.8. The Balaban J connectivity index is 2.14. The van der Waals surface area contributed by atoms with Gasteiger partial charge in [-0.2, -0.15) is 0 Å². The molecule has 0 fully saturated rings. The minimum absolute atomic E-state index is 0.0902. The molecule has 1 atom stereocenters. The van der Waals surface area contributed by atoms with Crippen molar-refractivity contribution in [1.29, 1.82) is 0 Å². The summed E-state index contributed by atoms with van der Waals surface area (Å²) in [4.78, 5) is 51.0. The average Bonchev–Trinajstić information content (AvgIpc) is 2.82. The van der Waals surface area contributed by atoms with E-state index in [-0.39, 0.29) is 29.9 Å². The normalized spacial score (nSPS) is 14.9. The number of alkyl carbamates (subject to hydrolysis) is 1. The first-order valence-corrected chi connectivity index (χ1v) is 9.97. The second-order valence-electron chi connectivity index (χ2n) is 9.17. The highest BCUT2D eigenvalue weighted by molar-refractivity contribution is 6.21. The summed E-state index contributed by atoms with van der Waals surface area (Å²) in [5.41, 5.74) is -0.780. The fourth-order valence-electron chi connectivity index (χ4n) is 3.03. The zero-order valence-electron chi connectivity index (χ0n) is 18.4. The van der Waals surface area contributed by atoms with Crippen molar-refractivity contribution in [3.05, 3.63) is 35.4 Å². The van der Waals surface area contributed by atoms with E-state index in [4.69, 9.17) is 9.47 Å². The van der Waals surface area contributed by atoms with Crippen LogP contribution in [-0.4, -0.2) is 46.1 Å². The van der Waals surface area contributed by atoms with Crippen LogP contribution in [0.1, 0.15) is 81.5 Å². The summed E-state index contributed by atoms with van der Waals surface area (Å²) in [5, 5.41) is 2.60. The van der Waals surface area contributed by atoms with Crippen molar-refractivity contribution < 1.29 is 28.7 Å². The summed E-state index contributed by atoms with van der Waals surface area (Å²) in [6, 6.07) is 6.49. The molecule has 164 valence electrons. The molecule has 0 spiro atoms. The van der Waals surface area contributed by atoms with E-state index in [9.17, 15) is 19.2 Å². The molecular weight excluding hydrogens is 388 g/mol. The molecule has 1 aromatic carbocycles. The number of benzene rings is 1. The van der Waals surface area contributed by atoms with Gasteiger partial charge in [0.1, 0.15) is 17.4 Å². The van der Waals surface area contributed by atoms with Crippen LogP contribution in [0, 0.1) is 0 Å². The molecule has 8 heteroatoms. The number of imide groups is 1. The van der Waals surface area contributed by atoms with E-state index in [0.29, 0.717) is 6.42 Å². The Kier molecular flexibility index (Phi) is 6.90. The Hall–Kier alpha value is -2.90. The van der Waals surface area contributed by atoms with E-state index >= 15 is 0 Å². The third-order valence-electron chi connectivity index (χ3n) is 4.10. The predicted molar refractivity (Wildman–Crippen MR) is 110 cm³/mol. The van der Waals surface area contributed by atoms with E-state index in [0.717, 1.165) is 4.90 Å². The molecule has 0 radical (unpaired) electrons. The van der Waals surface area contributed by atoms with Crippen LogP contribution in [0.4, 0.5) is 4.79 Å². The quantitative estimate of drug-likeness (QED) is 0.559. The molecule has 1 aliphatic heterocycles. The molecule has 1 aliphatic rings. The van der Waals surface area contributed by atoms with Gasteiger partial charge in [-0.1, -0.05) is 12.1 Å². The van der Waals surface area contributed by atoms with E-state index < -0.39 is 35.3 Å². The van der Waals surface area contributed by atoms with Crippen molar-refractivity contribution in [2.45, 2.75) is 78.2 Å². The molecule has 1 aromatic rings. The van der Waals surface area contributed by atoms with Gasteiger partial charge < -0.3 is 14.8 Å². The Morgan fingerprint density at radius 2 is 1.43 bits per heavy atom. The number of ether oxygens (including phenoxy) is 2. The summed E-state index contributed by atoms with van der Waals surface area (Å²) in [5.74, 6) is -1.37. The van der Waals surface area contributed by atoms with Crippen LogP contribution in [0.5, 0.6) is 0 Å². The van der Waals surface area contributed by atoms with Gasteiger partial charge >= 0.3 is 12.1 Å². The van der Waals surface area contributed by atoms with Crippen LogP contribution in [0.25, 0.3) is 0 Å². The van der Waals surface area contributed by atoms with Gasteiger partial charge in [-0.15, -0.1) is 0 Å². The van der Waals surface area contributed by atoms with Crippen molar-refractivity contribution >= 4 is 23.9 Å². The number of hydrogen-bond acceptors (Lipinski definition) is 6. The van der Waals surface area contributed by atoms with Crippen LogP contribution in [0.2, 0.25) is 0 Å². The lowest BCUT2D eigenvalue weighted by molar-refractivity contribution is -0.154. The van der Waals surface area contributed by atoms with Crippen LogP contribution in [0.3, 0.4) is 0 Å². The molecule has 2 rings (SSSR count). The third kappa shape index (κ3) is 6.30. The van der Waals surface area contributed by atoms with Gasteiger partial charge in [0.15, 0.2) is 0 Å². The fraction of sp³-hybridized carbons (Fsp3) is 0.545. The lowest BCUT2D eigenvalue weighted by Gasteiger charge is -2.29. The molecular formula is C22H30N2O6. The van der Waals surface area contributed by atoms with Crippen LogP contribution in [0.15, 0.2) is 24.3 Å².